The highest BCUT2D eigenvalue weighted by Crippen LogP contribution is 2.13. The van der Waals surface area contributed by atoms with Crippen molar-refractivity contribution in [2.45, 2.75) is 32.9 Å². The molecule has 0 unspecified atom stereocenters. The molecular weight excluding hydrogens is 220 g/mol. The predicted molar refractivity (Wildman–Crippen MR) is 64.1 cm³/mol. The minimum Gasteiger partial charge on any atom is -0.508 e. The number of carbonyl (C=O) groups excluding carboxylic acids is 1. The highest BCUT2D eigenvalue weighted by molar-refractivity contribution is 5.67. The molecule has 0 spiro atoms. The molecule has 1 aromatic carbocycles. The SMILES string of the molecule is CC(C)(C)OC(=O)N(N)Cc1cccc(O)c1. The summed E-state index contributed by atoms with van der Waals surface area (Å²) < 4.78 is 5.10. The number of hydrogen-bond donors (Lipinski definition) is 2. The van der Waals surface area contributed by atoms with E-state index >= 15 is 0 Å². The topological polar surface area (TPSA) is 75.8 Å². The van der Waals surface area contributed by atoms with Gasteiger partial charge < -0.3 is 9.84 Å². The van der Waals surface area contributed by atoms with E-state index in [2.05, 4.69) is 0 Å². The summed E-state index contributed by atoms with van der Waals surface area (Å²) >= 11 is 0. The standard InChI is InChI=1S/C12H18N2O3/c1-12(2,3)17-11(16)14(13)8-9-5-4-6-10(15)7-9/h4-7,15H,8,13H2,1-3H3. The molecule has 5 heteroatoms. The van der Waals surface area contributed by atoms with Gasteiger partial charge >= 0.3 is 6.09 Å². The lowest BCUT2D eigenvalue weighted by Crippen LogP contribution is -2.40. The third-order valence-electron chi connectivity index (χ3n) is 1.89. The number of carbonyl (C=O) groups is 1. The van der Waals surface area contributed by atoms with Gasteiger partial charge in [-0.05, 0) is 38.5 Å². The first-order chi connectivity index (χ1) is 7.78. The molecule has 0 bridgehead atoms. The van der Waals surface area contributed by atoms with Gasteiger partial charge in [-0.3, -0.25) is 0 Å². The van der Waals surface area contributed by atoms with Crippen molar-refractivity contribution >= 4 is 6.09 Å². The molecule has 0 saturated carbocycles. The number of hydrogen-bond acceptors (Lipinski definition) is 4. The number of ether oxygens (including phenoxy) is 1. The van der Waals surface area contributed by atoms with E-state index in [9.17, 15) is 9.90 Å². The Morgan fingerprint density at radius 2 is 2.12 bits per heavy atom. The predicted octanol–water partition coefficient (Wildman–Crippen LogP) is 2.00. The van der Waals surface area contributed by atoms with Crippen molar-refractivity contribution < 1.29 is 14.6 Å². The molecule has 0 aliphatic heterocycles. The Labute approximate surface area is 101 Å². The Bertz CT molecular complexity index is 399. The molecule has 0 aliphatic carbocycles. The third-order valence-corrected chi connectivity index (χ3v) is 1.89. The molecule has 0 aliphatic rings. The minimum atomic E-state index is -0.596. The molecule has 1 aromatic rings. The van der Waals surface area contributed by atoms with Crippen molar-refractivity contribution in [2.75, 3.05) is 0 Å². The quantitative estimate of drug-likeness (QED) is 0.469. The van der Waals surface area contributed by atoms with Crippen LogP contribution in [-0.2, 0) is 11.3 Å². The van der Waals surface area contributed by atoms with Gasteiger partial charge in [0, 0.05) is 0 Å². The fourth-order valence-electron chi connectivity index (χ4n) is 1.24. The van der Waals surface area contributed by atoms with E-state index in [4.69, 9.17) is 10.6 Å². The normalized spacial score (nSPS) is 11.1. The second-order valence-electron chi connectivity index (χ2n) is 4.78. The molecule has 0 aromatic heterocycles. The maximum absolute atomic E-state index is 11.6. The van der Waals surface area contributed by atoms with Crippen LogP contribution in [0.5, 0.6) is 5.75 Å². The van der Waals surface area contributed by atoms with Gasteiger partial charge in [0.1, 0.15) is 11.4 Å². The lowest BCUT2D eigenvalue weighted by atomic mass is 10.2. The molecule has 0 heterocycles. The minimum absolute atomic E-state index is 0.139. The molecule has 0 saturated heterocycles. The van der Waals surface area contributed by atoms with E-state index in [1.165, 1.54) is 0 Å². The fourth-order valence-corrected chi connectivity index (χ4v) is 1.24. The van der Waals surface area contributed by atoms with E-state index in [0.717, 1.165) is 10.6 Å². The van der Waals surface area contributed by atoms with Gasteiger partial charge in [-0.25, -0.2) is 15.6 Å². The van der Waals surface area contributed by atoms with E-state index in [0.29, 0.717) is 0 Å². The highest BCUT2D eigenvalue weighted by atomic mass is 16.6. The number of amides is 1. The van der Waals surface area contributed by atoms with Crippen molar-refractivity contribution in [3.05, 3.63) is 29.8 Å². The zero-order chi connectivity index (χ0) is 13.1. The number of rotatable bonds is 2. The number of hydrazine groups is 1. The molecule has 1 rings (SSSR count). The van der Waals surface area contributed by atoms with Gasteiger partial charge in [0.2, 0.25) is 0 Å². The van der Waals surface area contributed by atoms with Crippen LogP contribution in [0, 0.1) is 0 Å². The van der Waals surface area contributed by atoms with Crippen molar-refractivity contribution in [1.29, 1.82) is 0 Å². The first kappa shape index (κ1) is 13.3. The van der Waals surface area contributed by atoms with Crippen molar-refractivity contribution in [1.82, 2.24) is 5.01 Å². The van der Waals surface area contributed by atoms with Crippen LogP contribution in [-0.4, -0.2) is 21.8 Å². The average Bonchev–Trinajstić information content (AvgIpc) is 2.14. The average molecular weight is 238 g/mol. The van der Waals surface area contributed by atoms with Crippen LogP contribution in [0.4, 0.5) is 4.79 Å². The second kappa shape index (κ2) is 5.05. The van der Waals surface area contributed by atoms with Crippen molar-refractivity contribution in [3.63, 3.8) is 0 Å². The van der Waals surface area contributed by atoms with Gasteiger partial charge in [-0.1, -0.05) is 12.1 Å². The molecule has 1 amide bonds. The molecule has 94 valence electrons. The van der Waals surface area contributed by atoms with Gasteiger partial charge in [-0.2, -0.15) is 0 Å². The monoisotopic (exact) mass is 238 g/mol. The van der Waals surface area contributed by atoms with E-state index < -0.39 is 11.7 Å². The maximum atomic E-state index is 11.6. The summed E-state index contributed by atoms with van der Waals surface area (Å²) in [6.45, 7) is 5.50. The lowest BCUT2D eigenvalue weighted by molar-refractivity contribution is 0.0231. The molecular formula is C12H18N2O3. The van der Waals surface area contributed by atoms with Crippen LogP contribution in [0.25, 0.3) is 0 Å². The van der Waals surface area contributed by atoms with Crippen LogP contribution in [0.15, 0.2) is 24.3 Å². The summed E-state index contributed by atoms with van der Waals surface area (Å²) in [5, 5.41) is 10.2. The number of phenolic OH excluding ortho intramolecular Hbond substituents is 1. The summed E-state index contributed by atoms with van der Waals surface area (Å²) in [5.41, 5.74) is 0.159. The summed E-state index contributed by atoms with van der Waals surface area (Å²) in [4.78, 5) is 11.6. The van der Waals surface area contributed by atoms with Crippen molar-refractivity contribution in [2.24, 2.45) is 5.84 Å². The zero-order valence-electron chi connectivity index (χ0n) is 10.3. The number of nitrogens with zero attached hydrogens (tertiary/aromatic N) is 1. The highest BCUT2D eigenvalue weighted by Gasteiger charge is 2.20. The van der Waals surface area contributed by atoms with Gasteiger partial charge in [0.15, 0.2) is 0 Å². The molecule has 3 N–H and O–H groups in total. The van der Waals surface area contributed by atoms with Gasteiger partial charge in [-0.15, -0.1) is 0 Å². The number of phenols is 1. The smallest absolute Gasteiger partial charge is 0.424 e. The Morgan fingerprint density at radius 1 is 1.47 bits per heavy atom. The lowest BCUT2D eigenvalue weighted by Gasteiger charge is -2.24. The van der Waals surface area contributed by atoms with Crippen molar-refractivity contribution in [3.8, 4) is 5.75 Å². The maximum Gasteiger partial charge on any atom is 0.424 e. The van der Waals surface area contributed by atoms with E-state index in [1.54, 1.807) is 45.0 Å². The van der Waals surface area contributed by atoms with Crippen LogP contribution in [0.3, 0.4) is 0 Å². The Hall–Kier alpha value is -1.75. The van der Waals surface area contributed by atoms with Crippen LogP contribution in [0.1, 0.15) is 26.3 Å². The summed E-state index contributed by atoms with van der Waals surface area (Å²) in [6, 6.07) is 6.56. The Balaban J connectivity index is 2.60. The molecule has 5 nitrogen and oxygen atoms in total. The zero-order valence-corrected chi connectivity index (χ0v) is 10.3. The van der Waals surface area contributed by atoms with E-state index in [-0.39, 0.29) is 12.3 Å². The Morgan fingerprint density at radius 3 is 2.65 bits per heavy atom. The number of aromatic hydroxyl groups is 1. The molecule has 0 radical (unpaired) electrons. The first-order valence-electron chi connectivity index (χ1n) is 5.31. The summed E-state index contributed by atoms with van der Waals surface area (Å²) in [6.07, 6.45) is -0.596. The van der Waals surface area contributed by atoms with E-state index in [1.807, 2.05) is 0 Å². The van der Waals surface area contributed by atoms with Gasteiger partial charge in [0.05, 0.1) is 6.54 Å². The number of nitrogens with two attached hydrogens (primary N) is 1. The van der Waals surface area contributed by atoms with Crippen LogP contribution < -0.4 is 5.84 Å². The van der Waals surface area contributed by atoms with Crippen LogP contribution in [0.2, 0.25) is 0 Å². The van der Waals surface area contributed by atoms with Gasteiger partial charge in [0.25, 0.3) is 0 Å². The third kappa shape index (κ3) is 4.74. The summed E-state index contributed by atoms with van der Waals surface area (Å²) in [7, 11) is 0. The van der Waals surface area contributed by atoms with Crippen LogP contribution >= 0.6 is 0 Å². The molecule has 0 atom stereocenters. The number of benzene rings is 1. The fraction of sp³-hybridized carbons (Fsp3) is 0.417. The molecule has 17 heavy (non-hydrogen) atoms. The summed E-state index contributed by atoms with van der Waals surface area (Å²) in [5.74, 6) is 5.72. The largest absolute Gasteiger partial charge is 0.508 e. The Kier molecular flexibility index (Phi) is 3.96. The molecule has 0 fully saturated rings. The first-order valence-corrected chi connectivity index (χ1v) is 5.31. The second-order valence-corrected chi connectivity index (χ2v) is 4.78.